The van der Waals surface area contributed by atoms with Crippen molar-refractivity contribution in [3.63, 3.8) is 0 Å². The van der Waals surface area contributed by atoms with Crippen molar-refractivity contribution >= 4 is 0 Å². The molecule has 0 amide bonds. The third-order valence-corrected chi connectivity index (χ3v) is 2.52. The summed E-state index contributed by atoms with van der Waals surface area (Å²) in [6, 6.07) is 11.6. The minimum Gasteiger partial charge on any atom is -0.483 e. The maximum absolute atomic E-state index is 11.8. The molecule has 0 aliphatic carbocycles. The maximum atomic E-state index is 11.8. The van der Waals surface area contributed by atoms with Gasteiger partial charge in [0, 0.05) is 13.2 Å². The van der Waals surface area contributed by atoms with Gasteiger partial charge in [-0.05, 0) is 24.1 Å². The minimum absolute atomic E-state index is 0.105. The van der Waals surface area contributed by atoms with E-state index in [1.165, 1.54) is 4.57 Å². The van der Waals surface area contributed by atoms with E-state index in [-0.39, 0.29) is 5.56 Å². The highest BCUT2D eigenvalue weighted by atomic mass is 16.5. The fourth-order valence-corrected chi connectivity index (χ4v) is 1.68. The number of hydrogen-bond donors (Lipinski definition) is 0. The summed E-state index contributed by atoms with van der Waals surface area (Å²) >= 11 is 0. The average Bonchev–Trinajstić information content (AvgIpc) is 2.33. The van der Waals surface area contributed by atoms with E-state index in [9.17, 15) is 4.79 Å². The highest BCUT2D eigenvalue weighted by Crippen LogP contribution is 2.09. The van der Waals surface area contributed by atoms with Crippen molar-refractivity contribution in [1.29, 1.82) is 0 Å². The zero-order valence-corrected chi connectivity index (χ0v) is 10.0. The van der Waals surface area contributed by atoms with Crippen LogP contribution in [0.4, 0.5) is 0 Å². The molecular formula is C14H15NO2. The topological polar surface area (TPSA) is 31.2 Å². The quantitative estimate of drug-likeness (QED) is 0.808. The fraction of sp³-hybridized carbons (Fsp3) is 0.214. The van der Waals surface area contributed by atoms with Crippen molar-refractivity contribution in [2.45, 2.75) is 13.5 Å². The van der Waals surface area contributed by atoms with Crippen molar-refractivity contribution in [1.82, 2.24) is 4.57 Å². The average molecular weight is 229 g/mol. The zero-order valence-electron chi connectivity index (χ0n) is 10.0. The molecule has 0 bridgehead atoms. The highest BCUT2D eigenvalue weighted by molar-refractivity contribution is 5.24. The highest BCUT2D eigenvalue weighted by Gasteiger charge is 2.04. The normalized spacial score (nSPS) is 10.2. The Morgan fingerprint density at radius 2 is 1.94 bits per heavy atom. The molecule has 0 aliphatic heterocycles. The van der Waals surface area contributed by atoms with E-state index < -0.39 is 0 Å². The van der Waals surface area contributed by atoms with Crippen LogP contribution in [0.3, 0.4) is 0 Å². The molecular weight excluding hydrogens is 214 g/mol. The molecule has 0 spiro atoms. The Balaban J connectivity index is 2.17. The lowest BCUT2D eigenvalue weighted by molar-refractivity contribution is 0.299. The van der Waals surface area contributed by atoms with Crippen molar-refractivity contribution in [2.24, 2.45) is 7.05 Å². The molecule has 3 heteroatoms. The third kappa shape index (κ3) is 2.75. The lowest BCUT2D eigenvalue weighted by atomic mass is 10.2. The molecule has 88 valence electrons. The van der Waals surface area contributed by atoms with E-state index in [0.29, 0.717) is 12.4 Å². The number of pyridine rings is 1. The molecule has 1 heterocycles. The molecule has 1 aromatic carbocycles. The van der Waals surface area contributed by atoms with Gasteiger partial charge in [0.2, 0.25) is 0 Å². The van der Waals surface area contributed by atoms with Crippen molar-refractivity contribution in [2.75, 3.05) is 0 Å². The first-order valence-electron chi connectivity index (χ1n) is 5.51. The summed E-state index contributed by atoms with van der Waals surface area (Å²) in [6.45, 7) is 2.36. The lowest BCUT2D eigenvalue weighted by Crippen LogP contribution is -2.18. The summed E-state index contributed by atoms with van der Waals surface area (Å²) in [6.07, 6.45) is 1.79. The van der Waals surface area contributed by atoms with E-state index in [2.05, 4.69) is 0 Å². The van der Waals surface area contributed by atoms with Crippen LogP contribution in [0.15, 0.2) is 47.4 Å². The molecule has 1 aromatic heterocycles. The Kier molecular flexibility index (Phi) is 3.28. The van der Waals surface area contributed by atoms with Gasteiger partial charge >= 0.3 is 0 Å². The van der Waals surface area contributed by atoms with Gasteiger partial charge in [-0.25, -0.2) is 0 Å². The Bertz CT molecular complexity index is 558. The van der Waals surface area contributed by atoms with Crippen LogP contribution in [-0.4, -0.2) is 4.57 Å². The van der Waals surface area contributed by atoms with E-state index >= 15 is 0 Å². The molecule has 17 heavy (non-hydrogen) atoms. The van der Waals surface area contributed by atoms with Gasteiger partial charge in [-0.3, -0.25) is 4.79 Å². The van der Waals surface area contributed by atoms with Gasteiger partial charge in [0.05, 0.1) is 0 Å². The van der Waals surface area contributed by atoms with Crippen molar-refractivity contribution in [3.8, 4) is 5.75 Å². The van der Waals surface area contributed by atoms with Gasteiger partial charge in [-0.1, -0.05) is 30.3 Å². The molecule has 2 aromatic rings. The largest absolute Gasteiger partial charge is 0.483 e. The standard InChI is InChI=1S/C14H15NO2/c1-11-8-13(14(16)15(2)9-11)17-10-12-6-4-3-5-7-12/h3-9H,10H2,1-2H3. The number of hydrogen-bond acceptors (Lipinski definition) is 2. The summed E-state index contributed by atoms with van der Waals surface area (Å²) in [4.78, 5) is 11.8. The number of aromatic nitrogens is 1. The van der Waals surface area contributed by atoms with Crippen LogP contribution in [0.1, 0.15) is 11.1 Å². The molecule has 0 N–H and O–H groups in total. The molecule has 0 aliphatic rings. The van der Waals surface area contributed by atoms with Crippen LogP contribution in [0.2, 0.25) is 0 Å². The summed E-state index contributed by atoms with van der Waals surface area (Å²) in [5.74, 6) is 0.399. The summed E-state index contributed by atoms with van der Waals surface area (Å²) < 4.78 is 7.09. The molecule has 0 unspecified atom stereocenters. The van der Waals surface area contributed by atoms with Crippen molar-refractivity contribution < 1.29 is 4.74 Å². The second-order valence-corrected chi connectivity index (χ2v) is 4.07. The van der Waals surface area contributed by atoms with Crippen LogP contribution in [0.25, 0.3) is 0 Å². The lowest BCUT2D eigenvalue weighted by Gasteiger charge is -2.08. The first-order chi connectivity index (χ1) is 8.16. The summed E-state index contributed by atoms with van der Waals surface area (Å²) in [5.41, 5.74) is 1.96. The summed E-state index contributed by atoms with van der Waals surface area (Å²) in [7, 11) is 1.73. The monoisotopic (exact) mass is 229 g/mol. The summed E-state index contributed by atoms with van der Waals surface area (Å²) in [5, 5.41) is 0. The van der Waals surface area contributed by atoms with Crippen molar-refractivity contribution in [3.05, 3.63) is 64.1 Å². The molecule has 0 atom stereocenters. The van der Waals surface area contributed by atoms with Crippen LogP contribution < -0.4 is 10.3 Å². The number of aryl methyl sites for hydroxylation is 2. The van der Waals surface area contributed by atoms with E-state index in [1.54, 1.807) is 19.3 Å². The van der Waals surface area contributed by atoms with Gasteiger partial charge in [0.25, 0.3) is 5.56 Å². The predicted octanol–water partition coefficient (Wildman–Crippen LogP) is 2.27. The zero-order chi connectivity index (χ0) is 12.3. The Morgan fingerprint density at radius 3 is 2.65 bits per heavy atom. The Labute approximate surface area is 100 Å². The fourth-order valence-electron chi connectivity index (χ4n) is 1.68. The molecule has 0 fully saturated rings. The van der Waals surface area contributed by atoms with E-state index in [1.807, 2.05) is 37.3 Å². The van der Waals surface area contributed by atoms with Crippen LogP contribution in [-0.2, 0) is 13.7 Å². The molecule has 3 nitrogen and oxygen atoms in total. The number of nitrogens with zero attached hydrogens (tertiary/aromatic N) is 1. The predicted molar refractivity (Wildman–Crippen MR) is 67.2 cm³/mol. The minimum atomic E-state index is -0.105. The van der Waals surface area contributed by atoms with Gasteiger partial charge < -0.3 is 9.30 Å². The van der Waals surface area contributed by atoms with Gasteiger partial charge in [-0.15, -0.1) is 0 Å². The van der Waals surface area contributed by atoms with Crippen LogP contribution in [0, 0.1) is 6.92 Å². The number of benzene rings is 1. The number of ether oxygens (including phenoxy) is 1. The van der Waals surface area contributed by atoms with Crippen LogP contribution in [0.5, 0.6) is 5.75 Å². The van der Waals surface area contributed by atoms with Gasteiger partial charge in [0.1, 0.15) is 6.61 Å². The van der Waals surface area contributed by atoms with Gasteiger partial charge in [-0.2, -0.15) is 0 Å². The van der Waals surface area contributed by atoms with E-state index in [4.69, 9.17) is 4.74 Å². The Hall–Kier alpha value is -2.03. The SMILES string of the molecule is Cc1cc(OCc2ccccc2)c(=O)n(C)c1. The number of rotatable bonds is 3. The third-order valence-electron chi connectivity index (χ3n) is 2.52. The smallest absolute Gasteiger partial charge is 0.292 e. The first-order valence-corrected chi connectivity index (χ1v) is 5.51. The second kappa shape index (κ2) is 4.87. The maximum Gasteiger partial charge on any atom is 0.292 e. The molecule has 0 saturated heterocycles. The Morgan fingerprint density at radius 1 is 1.24 bits per heavy atom. The van der Waals surface area contributed by atoms with E-state index in [0.717, 1.165) is 11.1 Å². The first kappa shape index (κ1) is 11.5. The van der Waals surface area contributed by atoms with Crippen LogP contribution >= 0.6 is 0 Å². The van der Waals surface area contributed by atoms with Gasteiger partial charge in [0.15, 0.2) is 5.75 Å². The molecule has 0 saturated carbocycles. The molecule has 2 rings (SSSR count). The molecule has 0 radical (unpaired) electrons. The second-order valence-electron chi connectivity index (χ2n) is 4.07.